The van der Waals surface area contributed by atoms with Crippen LogP contribution in [0.5, 0.6) is 0 Å². The molecule has 102 valence electrons. The molecular weight excluding hydrogens is 240 g/mol. The zero-order valence-corrected chi connectivity index (χ0v) is 12.7. The van der Waals surface area contributed by atoms with Crippen LogP contribution in [0.3, 0.4) is 0 Å². The van der Waals surface area contributed by atoms with Crippen LogP contribution in [-0.4, -0.2) is 0 Å². The molecule has 1 aliphatic rings. The fourth-order valence-corrected chi connectivity index (χ4v) is 2.94. The topological polar surface area (TPSA) is 0 Å². The van der Waals surface area contributed by atoms with Gasteiger partial charge in [-0.05, 0) is 40.4 Å². The van der Waals surface area contributed by atoms with Gasteiger partial charge in [0.05, 0.1) is 0 Å². The molecule has 0 heteroatoms. The molecule has 0 aromatic heterocycles. The largest absolute Gasteiger partial charge is 0.0987 e. The van der Waals surface area contributed by atoms with Gasteiger partial charge >= 0.3 is 0 Å². The summed E-state index contributed by atoms with van der Waals surface area (Å²) in [5.41, 5.74) is 6.94. The molecule has 0 bridgehead atoms. The van der Waals surface area contributed by atoms with Gasteiger partial charge in [0.1, 0.15) is 0 Å². The lowest BCUT2D eigenvalue weighted by molar-refractivity contribution is 0.579. The van der Waals surface area contributed by atoms with Crippen molar-refractivity contribution in [3.63, 3.8) is 0 Å². The average Bonchev–Trinajstić information content (AvgIpc) is 2.59. The molecule has 0 unspecified atom stereocenters. The summed E-state index contributed by atoms with van der Waals surface area (Å²) >= 11 is 0. The van der Waals surface area contributed by atoms with E-state index in [9.17, 15) is 0 Å². The van der Waals surface area contributed by atoms with E-state index in [1.54, 1.807) is 0 Å². The van der Waals surface area contributed by atoms with Crippen molar-refractivity contribution >= 4 is 5.57 Å². The van der Waals surface area contributed by atoms with E-state index >= 15 is 0 Å². The SMILES string of the molecule is C=CC1=C(C)C(=C)/C(=C\C(=C)c2ccccc2)C1(C)C. The van der Waals surface area contributed by atoms with Gasteiger partial charge < -0.3 is 0 Å². The van der Waals surface area contributed by atoms with Crippen LogP contribution in [0.4, 0.5) is 0 Å². The van der Waals surface area contributed by atoms with Crippen LogP contribution in [0, 0.1) is 5.41 Å². The molecule has 0 aliphatic heterocycles. The second kappa shape index (κ2) is 5.13. The van der Waals surface area contributed by atoms with Crippen LogP contribution < -0.4 is 0 Å². The zero-order chi connectivity index (χ0) is 14.9. The van der Waals surface area contributed by atoms with Crippen LogP contribution in [0.1, 0.15) is 26.3 Å². The molecule has 0 amide bonds. The van der Waals surface area contributed by atoms with Gasteiger partial charge in [-0.2, -0.15) is 0 Å². The van der Waals surface area contributed by atoms with Gasteiger partial charge in [-0.25, -0.2) is 0 Å². The summed E-state index contributed by atoms with van der Waals surface area (Å²) in [5, 5.41) is 0. The molecule has 0 radical (unpaired) electrons. The molecule has 0 nitrogen and oxygen atoms in total. The van der Waals surface area contributed by atoms with Crippen molar-refractivity contribution < 1.29 is 0 Å². The van der Waals surface area contributed by atoms with Crippen LogP contribution >= 0.6 is 0 Å². The maximum Gasteiger partial charge on any atom is 0.0155 e. The maximum atomic E-state index is 4.24. The Bertz CT molecular complexity index is 634. The maximum absolute atomic E-state index is 4.24. The van der Waals surface area contributed by atoms with E-state index < -0.39 is 0 Å². The number of benzene rings is 1. The van der Waals surface area contributed by atoms with E-state index in [1.165, 1.54) is 16.7 Å². The van der Waals surface area contributed by atoms with Gasteiger partial charge in [-0.15, -0.1) is 0 Å². The fraction of sp³-hybridized carbons (Fsp3) is 0.200. The van der Waals surface area contributed by atoms with Gasteiger partial charge in [0.25, 0.3) is 0 Å². The highest BCUT2D eigenvalue weighted by atomic mass is 14.4. The highest BCUT2D eigenvalue weighted by Gasteiger charge is 2.36. The summed E-state index contributed by atoms with van der Waals surface area (Å²) in [6.07, 6.45) is 4.12. The van der Waals surface area contributed by atoms with Crippen molar-refractivity contribution in [1.82, 2.24) is 0 Å². The van der Waals surface area contributed by atoms with Gasteiger partial charge in [-0.1, -0.05) is 76.1 Å². The molecule has 20 heavy (non-hydrogen) atoms. The first-order valence-electron chi connectivity index (χ1n) is 6.89. The Morgan fingerprint density at radius 3 is 2.25 bits per heavy atom. The van der Waals surface area contributed by atoms with E-state index in [1.807, 2.05) is 24.3 Å². The number of hydrogen-bond acceptors (Lipinski definition) is 0. The molecule has 0 N–H and O–H groups in total. The van der Waals surface area contributed by atoms with Crippen molar-refractivity contribution in [2.45, 2.75) is 20.8 Å². The van der Waals surface area contributed by atoms with Crippen molar-refractivity contribution in [3.05, 3.63) is 90.1 Å². The van der Waals surface area contributed by atoms with Gasteiger partial charge in [0.15, 0.2) is 0 Å². The van der Waals surface area contributed by atoms with E-state index in [0.29, 0.717) is 0 Å². The smallest absolute Gasteiger partial charge is 0.0155 e. The zero-order valence-electron chi connectivity index (χ0n) is 12.7. The first-order valence-corrected chi connectivity index (χ1v) is 6.89. The van der Waals surface area contributed by atoms with Gasteiger partial charge in [0, 0.05) is 5.41 Å². The van der Waals surface area contributed by atoms with Crippen LogP contribution in [0.2, 0.25) is 0 Å². The number of hydrogen-bond donors (Lipinski definition) is 0. The molecule has 2 rings (SSSR count). The quantitative estimate of drug-likeness (QED) is 0.653. The molecular formula is C20H22. The molecule has 0 heterocycles. The molecule has 1 aliphatic carbocycles. The van der Waals surface area contributed by atoms with Gasteiger partial charge in [0.2, 0.25) is 0 Å². The summed E-state index contributed by atoms with van der Waals surface area (Å²) in [6.45, 7) is 18.9. The Hall–Kier alpha value is -2.08. The highest BCUT2D eigenvalue weighted by molar-refractivity contribution is 5.77. The molecule has 0 fully saturated rings. The first-order chi connectivity index (χ1) is 9.39. The Balaban J connectivity index is 2.45. The second-order valence-corrected chi connectivity index (χ2v) is 5.80. The lowest BCUT2D eigenvalue weighted by Crippen LogP contribution is -2.12. The molecule has 0 saturated heterocycles. The summed E-state index contributed by atoms with van der Waals surface area (Å²) in [4.78, 5) is 0. The Labute approximate surface area is 122 Å². The minimum atomic E-state index is -0.0549. The van der Waals surface area contributed by atoms with E-state index in [2.05, 4.69) is 58.7 Å². The van der Waals surface area contributed by atoms with Crippen LogP contribution in [-0.2, 0) is 0 Å². The van der Waals surface area contributed by atoms with Crippen LogP contribution in [0.25, 0.3) is 5.57 Å². The number of allylic oxidation sites excluding steroid dienone is 7. The van der Waals surface area contributed by atoms with E-state index in [0.717, 1.165) is 16.7 Å². The lowest BCUT2D eigenvalue weighted by atomic mass is 9.80. The predicted molar refractivity (Wildman–Crippen MR) is 89.4 cm³/mol. The normalized spacial score (nSPS) is 19.6. The Kier molecular flexibility index (Phi) is 3.67. The highest BCUT2D eigenvalue weighted by Crippen LogP contribution is 2.50. The molecule has 0 spiro atoms. The molecule has 1 aromatic rings. The molecule has 1 aromatic carbocycles. The summed E-state index contributed by atoms with van der Waals surface area (Å²) < 4.78 is 0. The minimum Gasteiger partial charge on any atom is -0.0987 e. The van der Waals surface area contributed by atoms with Gasteiger partial charge in [-0.3, -0.25) is 0 Å². The third-order valence-corrected chi connectivity index (χ3v) is 4.20. The third kappa shape index (κ3) is 2.22. The summed E-state index contributed by atoms with van der Waals surface area (Å²) in [6, 6.07) is 10.3. The third-order valence-electron chi connectivity index (χ3n) is 4.20. The Morgan fingerprint density at radius 2 is 1.75 bits per heavy atom. The van der Waals surface area contributed by atoms with Crippen molar-refractivity contribution in [2.24, 2.45) is 5.41 Å². The average molecular weight is 262 g/mol. The minimum absolute atomic E-state index is 0.0549. The van der Waals surface area contributed by atoms with Crippen molar-refractivity contribution in [2.75, 3.05) is 0 Å². The lowest BCUT2D eigenvalue weighted by Gasteiger charge is -2.24. The van der Waals surface area contributed by atoms with Crippen molar-refractivity contribution in [1.29, 1.82) is 0 Å². The monoisotopic (exact) mass is 262 g/mol. The van der Waals surface area contributed by atoms with E-state index in [-0.39, 0.29) is 5.41 Å². The summed E-state index contributed by atoms with van der Waals surface area (Å²) in [7, 11) is 0. The molecule has 0 atom stereocenters. The van der Waals surface area contributed by atoms with Crippen LogP contribution in [0.15, 0.2) is 84.5 Å². The van der Waals surface area contributed by atoms with Crippen molar-refractivity contribution in [3.8, 4) is 0 Å². The predicted octanol–water partition coefficient (Wildman–Crippen LogP) is 5.72. The molecule has 0 saturated carbocycles. The fourth-order valence-electron chi connectivity index (χ4n) is 2.94. The standard InChI is InChI=1S/C20H22/c1-7-18-15(3)16(4)19(20(18,5)6)13-14(2)17-11-9-8-10-12-17/h7-13H,1-2,4H2,3,5-6H3/b19-13+. The summed E-state index contributed by atoms with van der Waals surface area (Å²) in [5.74, 6) is 0. The number of rotatable bonds is 3. The van der Waals surface area contributed by atoms with E-state index in [4.69, 9.17) is 0 Å². The Morgan fingerprint density at radius 1 is 1.15 bits per heavy atom. The second-order valence-electron chi connectivity index (χ2n) is 5.80. The first kappa shape index (κ1) is 14.3.